The molecule has 0 aromatic heterocycles. The van der Waals surface area contributed by atoms with Crippen LogP contribution in [0.2, 0.25) is 0 Å². The van der Waals surface area contributed by atoms with Crippen LogP contribution in [-0.4, -0.2) is 63.2 Å². The monoisotopic (exact) mass is 290 g/mol. The van der Waals surface area contributed by atoms with Crippen LogP contribution in [0.5, 0.6) is 0 Å². The number of aliphatic carboxylic acids is 1. The van der Waals surface area contributed by atoms with Gasteiger partial charge in [-0.3, -0.25) is 9.59 Å². The van der Waals surface area contributed by atoms with Gasteiger partial charge in [-0.1, -0.05) is 0 Å². The number of carbonyl (C=O) groups excluding carboxylic acids is 1. The number of carboxylic acid groups (broad SMARTS) is 1. The Labute approximate surface area is 116 Å². The fourth-order valence-corrected chi connectivity index (χ4v) is 2.75. The van der Waals surface area contributed by atoms with Gasteiger partial charge in [0.25, 0.3) is 0 Å². The van der Waals surface area contributed by atoms with Crippen LogP contribution in [0.4, 0.5) is 0 Å². The van der Waals surface area contributed by atoms with Gasteiger partial charge in [-0.15, -0.1) is 0 Å². The Morgan fingerprint density at radius 2 is 1.95 bits per heavy atom. The van der Waals surface area contributed by atoms with Gasteiger partial charge < -0.3 is 31.5 Å². The Balaban J connectivity index is 2.88. The van der Waals surface area contributed by atoms with Crippen molar-refractivity contribution in [2.45, 2.75) is 44.1 Å². The van der Waals surface area contributed by atoms with Crippen LogP contribution in [0.25, 0.3) is 0 Å². The van der Waals surface area contributed by atoms with E-state index in [1.54, 1.807) is 0 Å². The van der Waals surface area contributed by atoms with E-state index in [0.717, 1.165) is 0 Å². The van der Waals surface area contributed by atoms with Crippen LogP contribution >= 0.6 is 0 Å². The molecule has 7 N–H and O–H groups in total. The lowest BCUT2D eigenvalue weighted by Crippen LogP contribution is -2.55. The van der Waals surface area contributed by atoms with Gasteiger partial charge in [-0.25, -0.2) is 0 Å². The molecule has 1 rings (SSSR count). The predicted octanol–water partition coefficient (Wildman–Crippen LogP) is -2.36. The summed E-state index contributed by atoms with van der Waals surface area (Å²) in [5.74, 6) is -2.51. The maximum absolute atomic E-state index is 11.2. The smallest absolute Gasteiger partial charge is 0.306 e. The molecule has 0 saturated heterocycles. The molecular formula is C12H22N2O6. The average molecular weight is 290 g/mol. The van der Waals surface area contributed by atoms with Crippen LogP contribution in [0, 0.1) is 11.8 Å². The van der Waals surface area contributed by atoms with Crippen molar-refractivity contribution >= 4 is 11.9 Å². The first-order valence-electron chi connectivity index (χ1n) is 6.50. The highest BCUT2D eigenvalue weighted by Crippen LogP contribution is 2.34. The molecule has 0 aromatic rings. The Morgan fingerprint density at radius 1 is 1.35 bits per heavy atom. The number of nitrogens with one attached hydrogen (secondary N) is 1. The molecule has 0 aliphatic heterocycles. The minimum atomic E-state index is -1.43. The Bertz CT molecular complexity index is 364. The highest BCUT2D eigenvalue weighted by Gasteiger charge is 2.44. The summed E-state index contributed by atoms with van der Waals surface area (Å²) in [6.45, 7) is 0.585. The molecule has 116 valence electrons. The number of hydrogen-bond donors (Lipinski definition) is 6. The quantitative estimate of drug-likeness (QED) is 0.320. The number of nitrogens with two attached hydrogens (primary N) is 1. The molecule has 20 heavy (non-hydrogen) atoms. The van der Waals surface area contributed by atoms with E-state index in [9.17, 15) is 19.8 Å². The van der Waals surface area contributed by atoms with Crippen LogP contribution < -0.4 is 11.1 Å². The number of carbonyl (C=O) groups is 2. The Hall–Kier alpha value is -1.22. The van der Waals surface area contributed by atoms with E-state index in [2.05, 4.69) is 5.32 Å². The molecule has 1 aliphatic carbocycles. The number of carboxylic acids is 1. The minimum absolute atomic E-state index is 0.205. The minimum Gasteiger partial charge on any atom is -0.481 e. The van der Waals surface area contributed by atoms with Gasteiger partial charge in [0.15, 0.2) is 0 Å². The molecule has 1 amide bonds. The van der Waals surface area contributed by atoms with Gasteiger partial charge in [0.2, 0.25) is 5.91 Å². The third kappa shape index (κ3) is 3.89. The number of rotatable bonds is 6. The molecule has 0 spiro atoms. The second-order valence-corrected chi connectivity index (χ2v) is 5.30. The van der Waals surface area contributed by atoms with Crippen LogP contribution in [0.3, 0.4) is 0 Å². The molecule has 0 aromatic carbocycles. The Morgan fingerprint density at radius 3 is 2.35 bits per heavy atom. The van der Waals surface area contributed by atoms with Crippen LogP contribution in [0.15, 0.2) is 0 Å². The summed E-state index contributed by atoms with van der Waals surface area (Å²) >= 11 is 0. The van der Waals surface area contributed by atoms with Crippen LogP contribution in [0.1, 0.15) is 19.8 Å². The predicted molar refractivity (Wildman–Crippen MR) is 68.5 cm³/mol. The molecular weight excluding hydrogens is 268 g/mol. The van der Waals surface area contributed by atoms with E-state index < -0.39 is 54.6 Å². The second-order valence-electron chi connectivity index (χ2n) is 5.30. The molecule has 0 heterocycles. The maximum atomic E-state index is 11.2. The molecule has 1 aliphatic rings. The summed E-state index contributed by atoms with van der Waals surface area (Å²) < 4.78 is 0. The lowest BCUT2D eigenvalue weighted by atomic mass is 9.88. The number of aliphatic hydroxyl groups excluding tert-OH is 3. The first kappa shape index (κ1) is 16.8. The zero-order valence-electron chi connectivity index (χ0n) is 11.3. The van der Waals surface area contributed by atoms with E-state index in [0.29, 0.717) is 0 Å². The lowest BCUT2D eigenvalue weighted by molar-refractivity contribution is -0.141. The van der Waals surface area contributed by atoms with Gasteiger partial charge in [-0.2, -0.15) is 0 Å². The van der Waals surface area contributed by atoms with Crippen molar-refractivity contribution in [1.82, 2.24) is 5.32 Å². The largest absolute Gasteiger partial charge is 0.481 e. The van der Waals surface area contributed by atoms with E-state index >= 15 is 0 Å². The molecule has 8 nitrogen and oxygen atoms in total. The summed E-state index contributed by atoms with van der Waals surface area (Å²) in [4.78, 5) is 22.2. The number of aliphatic hydroxyl groups is 3. The third-order valence-electron chi connectivity index (χ3n) is 3.79. The van der Waals surface area contributed by atoms with E-state index in [1.807, 2.05) is 0 Å². The topological polar surface area (TPSA) is 153 Å². The first-order valence-corrected chi connectivity index (χ1v) is 6.50. The molecule has 1 fully saturated rings. The van der Waals surface area contributed by atoms with Gasteiger partial charge >= 0.3 is 5.97 Å². The Kier molecular flexibility index (Phi) is 5.88. The molecule has 1 saturated carbocycles. The van der Waals surface area contributed by atoms with E-state index in [1.165, 1.54) is 6.92 Å². The molecule has 4 unspecified atom stereocenters. The number of hydrogen-bond acceptors (Lipinski definition) is 6. The zero-order chi connectivity index (χ0) is 15.4. The van der Waals surface area contributed by atoms with Crippen molar-refractivity contribution in [3.05, 3.63) is 0 Å². The van der Waals surface area contributed by atoms with E-state index in [-0.39, 0.29) is 12.8 Å². The van der Waals surface area contributed by atoms with Gasteiger partial charge in [0.1, 0.15) is 12.2 Å². The highest BCUT2D eigenvalue weighted by molar-refractivity contribution is 5.73. The zero-order valence-corrected chi connectivity index (χ0v) is 11.3. The normalized spacial score (nSPS) is 30.6. The van der Waals surface area contributed by atoms with Crippen molar-refractivity contribution in [2.75, 3.05) is 6.61 Å². The molecule has 0 radical (unpaired) electrons. The molecule has 6 atom stereocenters. The van der Waals surface area contributed by atoms with Gasteiger partial charge in [0, 0.05) is 13.0 Å². The van der Waals surface area contributed by atoms with Crippen LogP contribution in [-0.2, 0) is 9.59 Å². The fourth-order valence-electron chi connectivity index (χ4n) is 2.75. The fraction of sp³-hybridized carbons (Fsp3) is 0.833. The standard InChI is InChI=1S/C12H22N2O6/c1-5(16)14-10(11(18)9(17)4-15)7-2-6(12(19)20)3-8(7)13/h6-11,15,17-18H,2-4,13H2,1H3,(H,14,16)(H,19,20)/t6?,7-,8+,9?,10?,11?/m1/s1. The molecule has 0 bridgehead atoms. The van der Waals surface area contributed by atoms with Gasteiger partial charge in [0.05, 0.1) is 18.6 Å². The summed E-state index contributed by atoms with van der Waals surface area (Å²) in [6.07, 6.45) is -2.38. The second kappa shape index (κ2) is 6.98. The third-order valence-corrected chi connectivity index (χ3v) is 3.79. The lowest BCUT2D eigenvalue weighted by Gasteiger charge is -2.33. The first-order chi connectivity index (χ1) is 9.27. The van der Waals surface area contributed by atoms with Crippen molar-refractivity contribution in [3.8, 4) is 0 Å². The summed E-state index contributed by atoms with van der Waals surface area (Å²) in [5.41, 5.74) is 5.89. The summed E-state index contributed by atoms with van der Waals surface area (Å²) in [5, 5.41) is 39.9. The van der Waals surface area contributed by atoms with E-state index in [4.69, 9.17) is 15.9 Å². The number of amides is 1. The maximum Gasteiger partial charge on any atom is 0.306 e. The van der Waals surface area contributed by atoms with Crippen molar-refractivity contribution in [2.24, 2.45) is 17.6 Å². The SMILES string of the molecule is CC(=O)NC(C(O)C(O)CO)[C@@H]1CC(C(=O)O)C[C@@H]1N. The average Bonchev–Trinajstić information content (AvgIpc) is 2.76. The highest BCUT2D eigenvalue weighted by atomic mass is 16.4. The summed E-state index contributed by atoms with van der Waals surface area (Å²) in [7, 11) is 0. The van der Waals surface area contributed by atoms with Crippen molar-refractivity contribution in [3.63, 3.8) is 0 Å². The summed E-state index contributed by atoms with van der Waals surface area (Å²) in [6, 6.07) is -1.40. The van der Waals surface area contributed by atoms with Crippen molar-refractivity contribution in [1.29, 1.82) is 0 Å². The van der Waals surface area contributed by atoms with Gasteiger partial charge in [-0.05, 0) is 18.8 Å². The van der Waals surface area contributed by atoms with Crippen molar-refractivity contribution < 1.29 is 30.0 Å². The molecule has 8 heteroatoms.